The maximum absolute atomic E-state index is 5.05. The second kappa shape index (κ2) is 9.48. The lowest BCUT2D eigenvalue weighted by atomic mass is 9.91. The normalized spacial score (nSPS) is 14.9. The van der Waals surface area contributed by atoms with Crippen molar-refractivity contribution in [1.29, 1.82) is 0 Å². The number of imidazole rings is 1. The molecule has 0 saturated carbocycles. The predicted molar refractivity (Wildman–Crippen MR) is 170 cm³/mol. The summed E-state index contributed by atoms with van der Waals surface area (Å²) in [6.45, 7) is 0. The van der Waals surface area contributed by atoms with Crippen LogP contribution in [-0.2, 0) is 0 Å². The standard InChI is InChI=1S/C37H26N2S/c1-3-11-25(12-4-1)29-15-9-17-31-32-18-10-16-30(36(32)40-35(29)31)26-21-23-27(24-22-26)37-38-33-19-7-8-20-34(33)39(37)28-13-5-2-6-14-28/h1-11,13-25H,12H2. The quantitative estimate of drug-likeness (QED) is 0.221. The Morgan fingerprint density at radius 2 is 1.40 bits per heavy atom. The second-order valence-electron chi connectivity index (χ2n) is 10.3. The van der Waals surface area contributed by atoms with Crippen LogP contribution in [0.3, 0.4) is 0 Å². The van der Waals surface area contributed by atoms with E-state index in [1.165, 1.54) is 36.9 Å². The molecule has 0 spiro atoms. The van der Waals surface area contributed by atoms with Gasteiger partial charge in [0, 0.05) is 37.3 Å². The van der Waals surface area contributed by atoms with E-state index < -0.39 is 0 Å². The largest absolute Gasteiger partial charge is 0.292 e. The molecular formula is C37H26N2S. The van der Waals surface area contributed by atoms with Gasteiger partial charge in [-0.05, 0) is 47.4 Å². The van der Waals surface area contributed by atoms with Crippen LogP contribution in [0, 0.1) is 0 Å². The van der Waals surface area contributed by atoms with Crippen LogP contribution in [0.4, 0.5) is 0 Å². The lowest BCUT2D eigenvalue weighted by Gasteiger charge is -2.14. The lowest BCUT2D eigenvalue weighted by Crippen LogP contribution is -1.97. The first-order valence-corrected chi connectivity index (χ1v) is 14.6. The molecule has 0 saturated heterocycles. The Kier molecular flexibility index (Phi) is 5.49. The molecule has 0 bridgehead atoms. The summed E-state index contributed by atoms with van der Waals surface area (Å²) in [6.07, 6.45) is 10.0. The highest BCUT2D eigenvalue weighted by Crippen LogP contribution is 2.44. The van der Waals surface area contributed by atoms with Gasteiger partial charge in [-0.25, -0.2) is 4.98 Å². The molecule has 40 heavy (non-hydrogen) atoms. The van der Waals surface area contributed by atoms with Crippen molar-refractivity contribution in [3.63, 3.8) is 0 Å². The molecule has 7 aromatic rings. The van der Waals surface area contributed by atoms with Crippen molar-refractivity contribution < 1.29 is 0 Å². The molecule has 0 aliphatic heterocycles. The van der Waals surface area contributed by atoms with Crippen LogP contribution in [0.1, 0.15) is 17.9 Å². The third-order valence-corrected chi connectivity index (χ3v) is 9.27. The van der Waals surface area contributed by atoms with E-state index in [0.29, 0.717) is 5.92 Å². The maximum atomic E-state index is 5.05. The zero-order valence-corrected chi connectivity index (χ0v) is 22.7. The fourth-order valence-electron chi connectivity index (χ4n) is 6.03. The number of nitrogens with zero attached hydrogens (tertiary/aromatic N) is 2. The highest BCUT2D eigenvalue weighted by Gasteiger charge is 2.18. The summed E-state index contributed by atoms with van der Waals surface area (Å²) >= 11 is 1.93. The smallest absolute Gasteiger partial charge is 0.145 e. The Balaban J connectivity index is 1.25. The Morgan fingerprint density at radius 3 is 2.23 bits per heavy atom. The monoisotopic (exact) mass is 530 g/mol. The van der Waals surface area contributed by atoms with Gasteiger partial charge in [0.1, 0.15) is 5.82 Å². The summed E-state index contributed by atoms with van der Waals surface area (Å²) in [5.74, 6) is 1.40. The van der Waals surface area contributed by atoms with Crippen LogP contribution in [0.15, 0.2) is 140 Å². The van der Waals surface area contributed by atoms with Gasteiger partial charge < -0.3 is 0 Å². The summed E-state index contributed by atoms with van der Waals surface area (Å²) in [6, 6.07) is 41.3. The van der Waals surface area contributed by atoms with E-state index in [0.717, 1.165) is 34.5 Å². The van der Waals surface area contributed by atoms with Gasteiger partial charge in [0.2, 0.25) is 0 Å². The molecule has 0 fully saturated rings. The van der Waals surface area contributed by atoms with Crippen LogP contribution in [-0.4, -0.2) is 9.55 Å². The number of rotatable bonds is 4. The Hall–Kier alpha value is -4.73. The van der Waals surface area contributed by atoms with Gasteiger partial charge in [-0.1, -0.05) is 115 Å². The third kappa shape index (κ3) is 3.74. The molecular weight excluding hydrogens is 504 g/mol. The van der Waals surface area contributed by atoms with Gasteiger partial charge in [-0.3, -0.25) is 4.57 Å². The van der Waals surface area contributed by atoms with Crippen molar-refractivity contribution in [2.24, 2.45) is 0 Å². The first kappa shape index (κ1) is 23.2. The SMILES string of the molecule is C1=CCC(c2cccc3c2sc2c(-c4ccc(-c5nc6ccccc6n5-c5ccccc5)cc4)cccc23)C=C1. The molecule has 0 radical (unpaired) electrons. The van der Waals surface area contributed by atoms with Crippen molar-refractivity contribution in [2.45, 2.75) is 12.3 Å². The van der Waals surface area contributed by atoms with E-state index >= 15 is 0 Å². The minimum Gasteiger partial charge on any atom is -0.292 e. The molecule has 5 aromatic carbocycles. The highest BCUT2D eigenvalue weighted by molar-refractivity contribution is 7.26. The number of allylic oxidation sites excluding steroid dienone is 4. The number of hydrogen-bond donors (Lipinski definition) is 0. The fourth-order valence-corrected chi connectivity index (χ4v) is 7.44. The van der Waals surface area contributed by atoms with E-state index in [-0.39, 0.29) is 0 Å². The summed E-state index contributed by atoms with van der Waals surface area (Å²) in [4.78, 5) is 5.05. The van der Waals surface area contributed by atoms with Gasteiger partial charge in [0.05, 0.1) is 11.0 Å². The number of aromatic nitrogens is 2. The molecule has 0 amide bonds. The zero-order valence-electron chi connectivity index (χ0n) is 21.9. The van der Waals surface area contributed by atoms with E-state index in [1.54, 1.807) is 0 Å². The first-order chi connectivity index (χ1) is 19.8. The molecule has 2 heterocycles. The first-order valence-electron chi connectivity index (χ1n) is 13.8. The average Bonchev–Trinajstić information content (AvgIpc) is 3.61. The summed E-state index contributed by atoms with van der Waals surface area (Å²) in [5, 5.41) is 2.69. The van der Waals surface area contributed by atoms with Crippen molar-refractivity contribution in [2.75, 3.05) is 0 Å². The summed E-state index contributed by atoms with van der Waals surface area (Å²) < 4.78 is 5.01. The minimum atomic E-state index is 0.438. The van der Waals surface area contributed by atoms with E-state index in [2.05, 4.69) is 144 Å². The van der Waals surface area contributed by atoms with Crippen LogP contribution in [0.5, 0.6) is 0 Å². The third-order valence-electron chi connectivity index (χ3n) is 7.96. The van der Waals surface area contributed by atoms with Gasteiger partial charge in [0.25, 0.3) is 0 Å². The molecule has 190 valence electrons. The fraction of sp³-hybridized carbons (Fsp3) is 0.0541. The van der Waals surface area contributed by atoms with Gasteiger partial charge in [0.15, 0.2) is 0 Å². The van der Waals surface area contributed by atoms with Crippen LogP contribution >= 0.6 is 11.3 Å². The number of para-hydroxylation sites is 3. The highest BCUT2D eigenvalue weighted by atomic mass is 32.1. The van der Waals surface area contributed by atoms with Crippen LogP contribution in [0.2, 0.25) is 0 Å². The molecule has 3 heteroatoms. The number of fused-ring (bicyclic) bond motifs is 4. The molecule has 0 N–H and O–H groups in total. The van der Waals surface area contributed by atoms with Crippen LogP contribution < -0.4 is 0 Å². The zero-order chi connectivity index (χ0) is 26.5. The molecule has 2 nitrogen and oxygen atoms in total. The molecule has 1 aliphatic rings. The second-order valence-corrected chi connectivity index (χ2v) is 11.4. The van der Waals surface area contributed by atoms with Gasteiger partial charge in [-0.2, -0.15) is 0 Å². The van der Waals surface area contributed by atoms with Gasteiger partial charge >= 0.3 is 0 Å². The summed E-state index contributed by atoms with van der Waals surface area (Å²) in [5.41, 5.74) is 8.27. The lowest BCUT2D eigenvalue weighted by molar-refractivity contribution is 0.863. The Morgan fingerprint density at radius 1 is 0.650 bits per heavy atom. The van der Waals surface area contributed by atoms with Gasteiger partial charge in [-0.15, -0.1) is 11.3 Å². The number of hydrogen-bond acceptors (Lipinski definition) is 2. The van der Waals surface area contributed by atoms with E-state index in [9.17, 15) is 0 Å². The summed E-state index contributed by atoms with van der Waals surface area (Å²) in [7, 11) is 0. The van der Waals surface area contributed by atoms with E-state index in [4.69, 9.17) is 4.98 Å². The molecule has 2 aromatic heterocycles. The number of benzene rings is 5. The molecule has 1 aliphatic carbocycles. The average molecular weight is 531 g/mol. The van der Waals surface area contributed by atoms with Crippen molar-refractivity contribution in [3.05, 3.63) is 145 Å². The van der Waals surface area contributed by atoms with Crippen LogP contribution in [0.25, 0.3) is 59.4 Å². The minimum absolute atomic E-state index is 0.438. The van der Waals surface area contributed by atoms with E-state index in [1.807, 2.05) is 11.3 Å². The molecule has 8 rings (SSSR count). The maximum Gasteiger partial charge on any atom is 0.145 e. The Labute approximate surface area is 237 Å². The van der Waals surface area contributed by atoms with Crippen molar-refractivity contribution in [3.8, 4) is 28.2 Å². The number of thiophene rings is 1. The Bertz CT molecular complexity index is 2070. The molecule has 1 unspecified atom stereocenters. The van der Waals surface area contributed by atoms with Crippen molar-refractivity contribution >= 4 is 42.5 Å². The molecule has 1 atom stereocenters. The topological polar surface area (TPSA) is 17.8 Å². The van der Waals surface area contributed by atoms with Crippen molar-refractivity contribution in [1.82, 2.24) is 9.55 Å². The predicted octanol–water partition coefficient (Wildman–Crippen LogP) is 10.3.